The molecule has 0 radical (unpaired) electrons. The number of carbonyl (C=O) groups is 2. The van der Waals surface area contributed by atoms with Crippen molar-refractivity contribution in [1.82, 2.24) is 0 Å². The molecule has 1 saturated heterocycles. The first kappa shape index (κ1) is 15.8. The molecule has 1 unspecified atom stereocenters. The van der Waals surface area contributed by atoms with E-state index >= 15 is 0 Å². The maximum absolute atomic E-state index is 14.5. The van der Waals surface area contributed by atoms with Crippen LogP contribution in [0.4, 0.5) is 10.1 Å². The van der Waals surface area contributed by atoms with Crippen LogP contribution >= 0.6 is 0 Å². The molecule has 0 N–H and O–H groups in total. The van der Waals surface area contributed by atoms with Gasteiger partial charge in [0, 0.05) is 6.61 Å². The zero-order valence-electron chi connectivity index (χ0n) is 13.4. The molecule has 2 heterocycles. The second-order valence-electron chi connectivity index (χ2n) is 6.02. The lowest BCUT2D eigenvalue weighted by molar-refractivity contribution is 0.0679. The number of benzene rings is 2. The zero-order valence-corrected chi connectivity index (χ0v) is 13.4. The van der Waals surface area contributed by atoms with Gasteiger partial charge in [-0.15, -0.1) is 0 Å². The van der Waals surface area contributed by atoms with Gasteiger partial charge in [0.1, 0.15) is 18.0 Å². The number of hydrogen-bond acceptors (Lipinski definition) is 4. The monoisotopic (exact) mass is 341 g/mol. The second-order valence-corrected chi connectivity index (χ2v) is 6.02. The Bertz CT molecular complexity index is 810. The van der Waals surface area contributed by atoms with E-state index in [1.54, 1.807) is 30.3 Å². The number of rotatable bonds is 4. The first-order chi connectivity index (χ1) is 12.2. The largest absolute Gasteiger partial charge is 0.489 e. The summed E-state index contributed by atoms with van der Waals surface area (Å²) in [5.74, 6) is -1.62. The fraction of sp³-hybridized carbons (Fsp3) is 0.263. The summed E-state index contributed by atoms with van der Waals surface area (Å²) in [4.78, 5) is 26.1. The highest BCUT2D eigenvalue weighted by Gasteiger charge is 2.39. The molecular formula is C19H16FNO4. The van der Waals surface area contributed by atoms with Crippen molar-refractivity contribution in [1.29, 1.82) is 0 Å². The second kappa shape index (κ2) is 6.29. The van der Waals surface area contributed by atoms with Crippen LogP contribution in [0, 0.1) is 5.82 Å². The number of imide groups is 1. The van der Waals surface area contributed by atoms with Gasteiger partial charge in [-0.1, -0.05) is 18.2 Å². The van der Waals surface area contributed by atoms with Crippen LogP contribution in [0.2, 0.25) is 0 Å². The molecule has 2 aromatic rings. The minimum atomic E-state index is -0.681. The van der Waals surface area contributed by atoms with Crippen LogP contribution in [0.1, 0.15) is 33.6 Å². The molecular weight excluding hydrogens is 325 g/mol. The van der Waals surface area contributed by atoms with Crippen molar-refractivity contribution in [2.24, 2.45) is 0 Å². The summed E-state index contributed by atoms with van der Waals surface area (Å²) < 4.78 is 25.7. The molecule has 128 valence electrons. The van der Waals surface area contributed by atoms with Gasteiger partial charge in [-0.25, -0.2) is 9.29 Å². The SMILES string of the molecule is O=C1c2ccccc2C(=O)N1c1c(F)cccc1OCC1CCCO1. The molecule has 0 aromatic heterocycles. The molecule has 1 atom stereocenters. The number of hydrogen-bond donors (Lipinski definition) is 0. The van der Waals surface area contributed by atoms with E-state index in [1.165, 1.54) is 12.1 Å². The maximum atomic E-state index is 14.5. The fourth-order valence-electron chi connectivity index (χ4n) is 3.18. The first-order valence-electron chi connectivity index (χ1n) is 8.17. The van der Waals surface area contributed by atoms with Crippen molar-refractivity contribution in [3.8, 4) is 5.75 Å². The summed E-state index contributed by atoms with van der Waals surface area (Å²) in [7, 11) is 0. The number of amides is 2. The lowest BCUT2D eigenvalue weighted by Crippen LogP contribution is -2.31. The highest BCUT2D eigenvalue weighted by atomic mass is 19.1. The van der Waals surface area contributed by atoms with Gasteiger partial charge >= 0.3 is 0 Å². The van der Waals surface area contributed by atoms with E-state index in [9.17, 15) is 14.0 Å². The molecule has 2 aliphatic rings. The third-order valence-electron chi connectivity index (χ3n) is 4.42. The number of para-hydroxylation sites is 1. The van der Waals surface area contributed by atoms with Gasteiger partial charge < -0.3 is 9.47 Å². The smallest absolute Gasteiger partial charge is 0.266 e. The number of ether oxygens (including phenoxy) is 2. The van der Waals surface area contributed by atoms with E-state index in [4.69, 9.17) is 9.47 Å². The van der Waals surface area contributed by atoms with Crippen LogP contribution in [0.15, 0.2) is 42.5 Å². The van der Waals surface area contributed by atoms with Crippen LogP contribution in [-0.2, 0) is 4.74 Å². The molecule has 0 spiro atoms. The van der Waals surface area contributed by atoms with Gasteiger partial charge in [0.05, 0.1) is 17.2 Å². The molecule has 0 bridgehead atoms. The van der Waals surface area contributed by atoms with Crippen LogP contribution in [-0.4, -0.2) is 31.1 Å². The van der Waals surface area contributed by atoms with Crippen LogP contribution in [0.25, 0.3) is 0 Å². The summed E-state index contributed by atoms with van der Waals surface area (Å²) in [6.45, 7) is 0.933. The number of carbonyl (C=O) groups excluding carboxylic acids is 2. The van der Waals surface area contributed by atoms with Gasteiger partial charge in [0.15, 0.2) is 5.82 Å². The predicted octanol–water partition coefficient (Wildman–Crippen LogP) is 3.18. The summed E-state index contributed by atoms with van der Waals surface area (Å²) >= 11 is 0. The van der Waals surface area contributed by atoms with E-state index < -0.39 is 17.6 Å². The Morgan fingerprint density at radius 3 is 2.44 bits per heavy atom. The van der Waals surface area contributed by atoms with Crippen LogP contribution in [0.5, 0.6) is 5.75 Å². The molecule has 2 aromatic carbocycles. The highest BCUT2D eigenvalue weighted by Crippen LogP contribution is 2.37. The van der Waals surface area contributed by atoms with Crippen molar-refractivity contribution >= 4 is 17.5 Å². The molecule has 2 amide bonds. The Morgan fingerprint density at radius 1 is 1.08 bits per heavy atom. The normalized spacial score (nSPS) is 19.4. The molecule has 0 aliphatic carbocycles. The van der Waals surface area contributed by atoms with Crippen molar-refractivity contribution in [2.75, 3.05) is 18.1 Å². The molecule has 4 rings (SSSR count). The number of halogens is 1. The third kappa shape index (κ3) is 2.68. The zero-order chi connectivity index (χ0) is 17.4. The van der Waals surface area contributed by atoms with E-state index in [-0.39, 0.29) is 35.3 Å². The van der Waals surface area contributed by atoms with E-state index in [0.717, 1.165) is 17.7 Å². The molecule has 1 fully saturated rings. The summed E-state index contributed by atoms with van der Waals surface area (Å²) in [6.07, 6.45) is 1.78. The average molecular weight is 341 g/mol. The fourth-order valence-corrected chi connectivity index (χ4v) is 3.18. The molecule has 25 heavy (non-hydrogen) atoms. The molecule has 2 aliphatic heterocycles. The van der Waals surface area contributed by atoms with Crippen molar-refractivity contribution < 1.29 is 23.5 Å². The Morgan fingerprint density at radius 2 is 1.80 bits per heavy atom. The van der Waals surface area contributed by atoms with Crippen molar-refractivity contribution in [3.63, 3.8) is 0 Å². The van der Waals surface area contributed by atoms with Gasteiger partial charge in [-0.2, -0.15) is 0 Å². The standard InChI is InChI=1S/C19H16FNO4/c20-15-8-3-9-16(25-11-12-5-4-10-24-12)17(15)21-18(22)13-6-1-2-7-14(13)19(21)23/h1-3,6-9,12H,4-5,10-11H2. The van der Waals surface area contributed by atoms with Gasteiger partial charge in [0.2, 0.25) is 0 Å². The minimum absolute atomic E-state index is 0.0571. The first-order valence-corrected chi connectivity index (χ1v) is 8.17. The van der Waals surface area contributed by atoms with Gasteiger partial charge in [-0.05, 0) is 37.1 Å². The van der Waals surface area contributed by atoms with E-state index in [1.807, 2.05) is 0 Å². The predicted molar refractivity (Wildman–Crippen MR) is 88.5 cm³/mol. The highest BCUT2D eigenvalue weighted by molar-refractivity contribution is 6.34. The minimum Gasteiger partial charge on any atom is -0.489 e. The quantitative estimate of drug-likeness (QED) is 0.802. The van der Waals surface area contributed by atoms with Crippen LogP contribution in [0.3, 0.4) is 0 Å². The number of anilines is 1. The lowest BCUT2D eigenvalue weighted by atomic mass is 10.1. The Labute approximate surface area is 144 Å². The van der Waals surface area contributed by atoms with Crippen molar-refractivity contribution in [3.05, 3.63) is 59.4 Å². The molecule has 0 saturated carbocycles. The third-order valence-corrected chi connectivity index (χ3v) is 4.42. The lowest BCUT2D eigenvalue weighted by Gasteiger charge is -2.20. The van der Waals surface area contributed by atoms with Crippen LogP contribution < -0.4 is 9.64 Å². The maximum Gasteiger partial charge on any atom is 0.266 e. The van der Waals surface area contributed by atoms with Gasteiger partial charge in [-0.3, -0.25) is 9.59 Å². The Balaban J connectivity index is 1.68. The average Bonchev–Trinajstić information content (AvgIpc) is 3.22. The summed E-state index contributed by atoms with van der Waals surface area (Å²) in [5, 5.41) is 0. The number of nitrogens with zero attached hydrogens (tertiary/aromatic N) is 1. The Hall–Kier alpha value is -2.73. The summed E-state index contributed by atoms with van der Waals surface area (Å²) in [5.41, 5.74) is 0.383. The van der Waals surface area contributed by atoms with Gasteiger partial charge in [0.25, 0.3) is 11.8 Å². The van der Waals surface area contributed by atoms with Crippen molar-refractivity contribution in [2.45, 2.75) is 18.9 Å². The number of fused-ring (bicyclic) bond motifs is 1. The topological polar surface area (TPSA) is 55.8 Å². The summed E-state index contributed by atoms with van der Waals surface area (Å²) in [6, 6.07) is 10.7. The molecule has 5 nitrogen and oxygen atoms in total. The van der Waals surface area contributed by atoms with E-state index in [0.29, 0.717) is 6.61 Å². The Kier molecular flexibility index (Phi) is 3.97. The van der Waals surface area contributed by atoms with E-state index in [2.05, 4.69) is 0 Å². The molecule has 6 heteroatoms.